The van der Waals surface area contributed by atoms with Crippen LogP contribution in [0.15, 0.2) is 18.2 Å². The van der Waals surface area contributed by atoms with E-state index in [4.69, 9.17) is 5.84 Å². The van der Waals surface area contributed by atoms with Crippen LogP contribution in [0.5, 0.6) is 0 Å². The first-order valence-corrected chi connectivity index (χ1v) is 5.66. The number of hydrogen-bond acceptors (Lipinski definition) is 2. The van der Waals surface area contributed by atoms with Gasteiger partial charge in [0.2, 0.25) is 0 Å². The second-order valence-electron chi connectivity index (χ2n) is 5.20. The van der Waals surface area contributed by atoms with E-state index in [0.29, 0.717) is 0 Å². The molecule has 1 atom stereocenters. The summed E-state index contributed by atoms with van der Waals surface area (Å²) in [5.74, 6) is 5.54. The van der Waals surface area contributed by atoms with E-state index in [9.17, 15) is 4.39 Å². The van der Waals surface area contributed by atoms with Crippen molar-refractivity contribution in [2.45, 2.75) is 40.0 Å². The molecule has 0 spiro atoms. The number of nitrogens with one attached hydrogen (secondary N) is 1. The van der Waals surface area contributed by atoms with Gasteiger partial charge in [-0.3, -0.25) is 5.84 Å². The maximum absolute atomic E-state index is 13.3. The monoisotopic (exact) mass is 224 g/mol. The number of hydrazine groups is 1. The molecule has 1 aromatic carbocycles. The standard InChI is InChI=1S/C13H21FN2/c1-5-11(13(2,3)4)10-8-9(14)6-7-12(10)16-15/h6-8,11,16H,5,15H2,1-4H3. The lowest BCUT2D eigenvalue weighted by molar-refractivity contribution is 0.312. The minimum absolute atomic E-state index is 0.0914. The lowest BCUT2D eigenvalue weighted by atomic mass is 9.74. The first-order chi connectivity index (χ1) is 7.40. The fourth-order valence-electron chi connectivity index (χ4n) is 2.25. The molecule has 3 N–H and O–H groups in total. The third-order valence-corrected chi connectivity index (χ3v) is 3.00. The Kier molecular flexibility index (Phi) is 3.92. The van der Waals surface area contributed by atoms with Crippen LogP contribution >= 0.6 is 0 Å². The minimum Gasteiger partial charge on any atom is -0.324 e. The number of benzene rings is 1. The van der Waals surface area contributed by atoms with Crippen molar-refractivity contribution in [3.8, 4) is 0 Å². The summed E-state index contributed by atoms with van der Waals surface area (Å²) < 4.78 is 13.3. The van der Waals surface area contributed by atoms with Crippen molar-refractivity contribution in [1.29, 1.82) is 0 Å². The van der Waals surface area contributed by atoms with Crippen LogP contribution in [-0.4, -0.2) is 0 Å². The summed E-state index contributed by atoms with van der Waals surface area (Å²) in [5.41, 5.74) is 4.50. The van der Waals surface area contributed by atoms with Gasteiger partial charge >= 0.3 is 0 Å². The molecule has 0 aliphatic carbocycles. The van der Waals surface area contributed by atoms with E-state index in [1.165, 1.54) is 6.07 Å². The summed E-state index contributed by atoms with van der Waals surface area (Å²) in [5, 5.41) is 0. The van der Waals surface area contributed by atoms with Crippen molar-refractivity contribution < 1.29 is 4.39 Å². The molecule has 0 bridgehead atoms. The molecule has 0 aliphatic rings. The van der Waals surface area contributed by atoms with Crippen LogP contribution in [0.4, 0.5) is 10.1 Å². The Morgan fingerprint density at radius 3 is 2.44 bits per heavy atom. The summed E-state index contributed by atoms with van der Waals surface area (Å²) in [7, 11) is 0. The van der Waals surface area contributed by atoms with Crippen LogP contribution in [0.2, 0.25) is 0 Å². The number of halogens is 1. The number of hydrogen-bond donors (Lipinski definition) is 2. The topological polar surface area (TPSA) is 38.0 Å². The van der Waals surface area contributed by atoms with Crippen LogP contribution in [-0.2, 0) is 0 Å². The van der Waals surface area contributed by atoms with Gasteiger partial charge in [-0.05, 0) is 41.5 Å². The van der Waals surface area contributed by atoms with Gasteiger partial charge in [0.05, 0.1) is 5.69 Å². The van der Waals surface area contributed by atoms with E-state index >= 15 is 0 Å². The van der Waals surface area contributed by atoms with Gasteiger partial charge in [-0.25, -0.2) is 4.39 Å². The first-order valence-electron chi connectivity index (χ1n) is 5.66. The second kappa shape index (κ2) is 4.83. The molecule has 1 aromatic rings. The Labute approximate surface area is 97.0 Å². The van der Waals surface area contributed by atoms with Crippen LogP contribution in [0.25, 0.3) is 0 Å². The van der Waals surface area contributed by atoms with Gasteiger partial charge in [-0.2, -0.15) is 0 Å². The largest absolute Gasteiger partial charge is 0.324 e. The van der Waals surface area contributed by atoms with Crippen LogP contribution in [0, 0.1) is 11.2 Å². The third-order valence-electron chi connectivity index (χ3n) is 3.00. The van der Waals surface area contributed by atoms with Gasteiger partial charge in [0, 0.05) is 0 Å². The zero-order valence-corrected chi connectivity index (χ0v) is 10.5. The molecule has 2 nitrogen and oxygen atoms in total. The molecule has 16 heavy (non-hydrogen) atoms. The second-order valence-corrected chi connectivity index (χ2v) is 5.20. The highest BCUT2D eigenvalue weighted by Gasteiger charge is 2.26. The van der Waals surface area contributed by atoms with Crippen LogP contribution < -0.4 is 11.3 Å². The van der Waals surface area contributed by atoms with Crippen molar-refractivity contribution in [3.05, 3.63) is 29.6 Å². The molecule has 0 aromatic heterocycles. The molecule has 0 fully saturated rings. The molecule has 1 unspecified atom stereocenters. The molecule has 0 saturated carbocycles. The molecule has 1 rings (SSSR count). The van der Waals surface area contributed by atoms with E-state index < -0.39 is 0 Å². The summed E-state index contributed by atoms with van der Waals surface area (Å²) in [6, 6.07) is 4.70. The first kappa shape index (κ1) is 13.0. The maximum Gasteiger partial charge on any atom is 0.123 e. The number of nitrogens with two attached hydrogens (primary N) is 1. The minimum atomic E-state index is -0.211. The number of anilines is 1. The fraction of sp³-hybridized carbons (Fsp3) is 0.538. The average molecular weight is 224 g/mol. The zero-order chi connectivity index (χ0) is 12.3. The molecule has 0 radical (unpaired) electrons. The summed E-state index contributed by atoms with van der Waals surface area (Å²) >= 11 is 0. The van der Waals surface area contributed by atoms with Crippen molar-refractivity contribution in [2.75, 3.05) is 5.43 Å². The Morgan fingerprint density at radius 2 is 2.00 bits per heavy atom. The SMILES string of the molecule is CCC(c1cc(F)ccc1NN)C(C)(C)C. The predicted octanol–water partition coefficient (Wildman–Crippen LogP) is 3.65. The highest BCUT2D eigenvalue weighted by Crippen LogP contribution is 2.40. The smallest absolute Gasteiger partial charge is 0.123 e. The van der Waals surface area contributed by atoms with Gasteiger partial charge < -0.3 is 5.43 Å². The van der Waals surface area contributed by atoms with Crippen molar-refractivity contribution in [2.24, 2.45) is 11.3 Å². The van der Waals surface area contributed by atoms with Gasteiger partial charge in [0.15, 0.2) is 0 Å². The molecular formula is C13H21FN2. The molecule has 0 aliphatic heterocycles. The van der Waals surface area contributed by atoms with Gasteiger partial charge in [0.1, 0.15) is 5.82 Å². The van der Waals surface area contributed by atoms with Gasteiger partial charge in [-0.15, -0.1) is 0 Å². The van der Waals surface area contributed by atoms with E-state index in [-0.39, 0.29) is 17.2 Å². The summed E-state index contributed by atoms with van der Waals surface area (Å²) in [6.45, 7) is 8.59. The van der Waals surface area contributed by atoms with Crippen molar-refractivity contribution in [1.82, 2.24) is 0 Å². The Balaban J connectivity index is 3.23. The number of nitrogen functional groups attached to an aromatic ring is 1. The van der Waals surface area contributed by atoms with Gasteiger partial charge in [-0.1, -0.05) is 27.7 Å². The average Bonchev–Trinajstić information content (AvgIpc) is 2.17. The molecule has 90 valence electrons. The molecule has 0 saturated heterocycles. The summed E-state index contributed by atoms with van der Waals surface area (Å²) in [6.07, 6.45) is 0.960. The predicted molar refractivity (Wildman–Crippen MR) is 66.7 cm³/mol. The van der Waals surface area contributed by atoms with Crippen molar-refractivity contribution in [3.63, 3.8) is 0 Å². The Hall–Kier alpha value is -1.09. The highest BCUT2D eigenvalue weighted by molar-refractivity contribution is 5.52. The fourth-order valence-corrected chi connectivity index (χ4v) is 2.25. The van der Waals surface area contributed by atoms with Gasteiger partial charge in [0.25, 0.3) is 0 Å². The van der Waals surface area contributed by atoms with E-state index in [1.54, 1.807) is 12.1 Å². The van der Waals surface area contributed by atoms with Crippen LogP contribution in [0.1, 0.15) is 45.6 Å². The zero-order valence-electron chi connectivity index (χ0n) is 10.5. The Bertz CT molecular complexity index is 355. The molecule has 0 heterocycles. The lowest BCUT2D eigenvalue weighted by Crippen LogP contribution is -2.20. The van der Waals surface area contributed by atoms with E-state index in [0.717, 1.165) is 17.7 Å². The normalized spacial score (nSPS) is 13.6. The third kappa shape index (κ3) is 2.73. The molecule has 3 heteroatoms. The highest BCUT2D eigenvalue weighted by atomic mass is 19.1. The number of rotatable bonds is 3. The quantitative estimate of drug-likeness (QED) is 0.607. The lowest BCUT2D eigenvalue weighted by Gasteiger charge is -2.31. The Morgan fingerprint density at radius 1 is 1.38 bits per heavy atom. The van der Waals surface area contributed by atoms with Crippen LogP contribution in [0.3, 0.4) is 0 Å². The van der Waals surface area contributed by atoms with E-state index in [1.807, 2.05) is 0 Å². The molecular weight excluding hydrogens is 203 g/mol. The van der Waals surface area contributed by atoms with Crippen molar-refractivity contribution >= 4 is 5.69 Å². The molecule has 0 amide bonds. The maximum atomic E-state index is 13.3. The van der Waals surface area contributed by atoms with E-state index in [2.05, 4.69) is 33.1 Å². The summed E-state index contributed by atoms with van der Waals surface area (Å²) in [4.78, 5) is 0.